The van der Waals surface area contributed by atoms with E-state index in [0.29, 0.717) is 51.4 Å². The van der Waals surface area contributed by atoms with E-state index < -0.39 is 67.9 Å². The Morgan fingerprint density at radius 3 is 2.32 bits per heavy atom. The first-order valence-electron chi connectivity index (χ1n) is 12.3. The van der Waals surface area contributed by atoms with Crippen LogP contribution in [0.5, 0.6) is 23.0 Å². The van der Waals surface area contributed by atoms with E-state index in [1.54, 1.807) is 0 Å². The number of methoxy groups -OCH3 is 2. The quantitative estimate of drug-likeness (QED) is 0.137. The molecule has 0 unspecified atom stereocenters. The van der Waals surface area contributed by atoms with Crippen LogP contribution in [0, 0.1) is 11.6 Å². The molecule has 0 fully saturated rings. The van der Waals surface area contributed by atoms with Gasteiger partial charge in [-0.3, -0.25) is 0 Å². The molecule has 44 heavy (non-hydrogen) atoms. The zero-order chi connectivity index (χ0) is 32.2. The van der Waals surface area contributed by atoms with Gasteiger partial charge in [0.25, 0.3) is 10.0 Å². The Bertz CT molecular complexity index is 1770. The predicted molar refractivity (Wildman–Crippen MR) is 147 cm³/mol. The standard InChI is InChI=1S/C27H22F5N3O7S2/c1-4-41-25(36)16-7-17(27(30,31)32)9-19(8-16)42-23-11-21(29)24(12-20(23)28)44(37,38)35(26-33-14-34-43-26)13-15-5-6-18(39-2)10-22(15)40-3/h5-12,14H,4,13H2,1-3H3. The Hall–Kier alpha value is -4.51. The first-order chi connectivity index (χ1) is 20.8. The average molecular weight is 660 g/mol. The molecule has 1 aromatic heterocycles. The number of hydrogen-bond donors (Lipinski definition) is 0. The SMILES string of the molecule is CCOC(=O)c1cc(Oc2cc(F)c(S(=O)(=O)N(Cc3ccc(OC)cc3OC)c3ncns3)cc2F)cc(C(F)(F)F)c1. The molecular weight excluding hydrogens is 637 g/mol. The maximum absolute atomic E-state index is 15.4. The highest BCUT2D eigenvalue weighted by Gasteiger charge is 2.34. The summed E-state index contributed by atoms with van der Waals surface area (Å²) < 4.78 is 123. The Balaban J connectivity index is 1.74. The van der Waals surface area contributed by atoms with Crippen molar-refractivity contribution in [3.05, 3.63) is 83.2 Å². The highest BCUT2D eigenvalue weighted by atomic mass is 32.2. The summed E-state index contributed by atoms with van der Waals surface area (Å²) in [6.07, 6.45) is -3.86. The molecule has 0 aliphatic heterocycles. The lowest BCUT2D eigenvalue weighted by molar-refractivity contribution is -0.137. The van der Waals surface area contributed by atoms with Crippen LogP contribution in [-0.4, -0.2) is 44.6 Å². The van der Waals surface area contributed by atoms with Crippen LogP contribution in [-0.2, 0) is 27.5 Å². The lowest BCUT2D eigenvalue weighted by atomic mass is 10.1. The molecule has 234 valence electrons. The van der Waals surface area contributed by atoms with Gasteiger partial charge in [0.15, 0.2) is 11.6 Å². The third-order valence-corrected chi connectivity index (χ3v) is 8.45. The summed E-state index contributed by atoms with van der Waals surface area (Å²) >= 11 is 0.668. The van der Waals surface area contributed by atoms with Crippen molar-refractivity contribution >= 4 is 32.7 Å². The van der Waals surface area contributed by atoms with Crippen LogP contribution in [0.1, 0.15) is 28.4 Å². The van der Waals surface area contributed by atoms with Crippen molar-refractivity contribution in [2.75, 3.05) is 25.1 Å². The number of esters is 1. The van der Waals surface area contributed by atoms with Crippen molar-refractivity contribution in [2.24, 2.45) is 0 Å². The van der Waals surface area contributed by atoms with E-state index in [0.717, 1.165) is 12.4 Å². The van der Waals surface area contributed by atoms with Gasteiger partial charge < -0.3 is 18.9 Å². The van der Waals surface area contributed by atoms with Gasteiger partial charge in [0, 0.05) is 35.3 Å². The molecule has 0 amide bonds. The highest BCUT2D eigenvalue weighted by molar-refractivity contribution is 7.93. The van der Waals surface area contributed by atoms with Crippen molar-refractivity contribution < 1.29 is 54.1 Å². The summed E-state index contributed by atoms with van der Waals surface area (Å²) in [4.78, 5) is 14.9. The molecule has 0 saturated carbocycles. The molecule has 4 aromatic rings. The van der Waals surface area contributed by atoms with Gasteiger partial charge in [-0.15, -0.1) is 0 Å². The van der Waals surface area contributed by atoms with Crippen molar-refractivity contribution in [3.8, 4) is 23.0 Å². The maximum atomic E-state index is 15.4. The summed E-state index contributed by atoms with van der Waals surface area (Å²) in [6.45, 7) is 0.863. The molecule has 0 atom stereocenters. The van der Waals surface area contributed by atoms with Gasteiger partial charge in [-0.25, -0.2) is 31.3 Å². The van der Waals surface area contributed by atoms with Crippen molar-refractivity contribution in [2.45, 2.75) is 24.5 Å². The van der Waals surface area contributed by atoms with Gasteiger partial charge in [0.1, 0.15) is 34.3 Å². The molecule has 1 heterocycles. The van der Waals surface area contributed by atoms with E-state index in [-0.39, 0.29) is 17.5 Å². The third kappa shape index (κ3) is 6.99. The van der Waals surface area contributed by atoms with Gasteiger partial charge in [-0.1, -0.05) is 0 Å². The molecule has 0 aliphatic rings. The van der Waals surface area contributed by atoms with Crippen molar-refractivity contribution in [3.63, 3.8) is 0 Å². The molecule has 0 spiro atoms. The zero-order valence-corrected chi connectivity index (χ0v) is 24.6. The van der Waals surface area contributed by atoms with Crippen LogP contribution in [0.2, 0.25) is 0 Å². The number of hydrogen-bond acceptors (Lipinski definition) is 10. The Morgan fingerprint density at radius 2 is 1.70 bits per heavy atom. The molecule has 0 aliphatic carbocycles. The molecule has 0 radical (unpaired) electrons. The normalized spacial score (nSPS) is 11.6. The van der Waals surface area contributed by atoms with Crippen LogP contribution in [0.25, 0.3) is 0 Å². The van der Waals surface area contributed by atoms with Crippen molar-refractivity contribution in [1.82, 2.24) is 9.36 Å². The Kier molecular flexibility index (Phi) is 9.58. The lowest BCUT2D eigenvalue weighted by Gasteiger charge is -2.23. The fraction of sp³-hybridized carbons (Fsp3) is 0.222. The average Bonchev–Trinajstić information content (AvgIpc) is 3.51. The van der Waals surface area contributed by atoms with Crippen LogP contribution in [0.15, 0.2) is 59.8 Å². The number of nitrogens with zero attached hydrogens (tertiary/aromatic N) is 3. The number of ether oxygens (including phenoxy) is 4. The van der Waals surface area contributed by atoms with Gasteiger partial charge in [-0.2, -0.15) is 17.5 Å². The predicted octanol–water partition coefficient (Wildman–Crippen LogP) is 6.22. The first kappa shape index (κ1) is 32.4. The van der Waals surface area contributed by atoms with Gasteiger partial charge in [0.2, 0.25) is 5.13 Å². The number of carbonyl (C=O) groups is 1. The van der Waals surface area contributed by atoms with E-state index >= 15 is 8.78 Å². The van der Waals surface area contributed by atoms with Gasteiger partial charge in [-0.05, 0) is 37.3 Å². The summed E-state index contributed by atoms with van der Waals surface area (Å²) in [5.41, 5.74) is -1.56. The minimum absolute atomic E-state index is 0.139. The molecule has 17 heteroatoms. The lowest BCUT2D eigenvalue weighted by Crippen LogP contribution is -2.31. The molecule has 0 N–H and O–H groups in total. The highest BCUT2D eigenvalue weighted by Crippen LogP contribution is 2.37. The number of alkyl halides is 3. The van der Waals surface area contributed by atoms with Crippen LogP contribution >= 0.6 is 11.5 Å². The number of sulfonamides is 1. The fourth-order valence-electron chi connectivity index (χ4n) is 3.86. The maximum Gasteiger partial charge on any atom is 0.416 e. The second-order valence-corrected chi connectivity index (χ2v) is 11.3. The molecule has 0 saturated heterocycles. The Morgan fingerprint density at radius 1 is 0.955 bits per heavy atom. The summed E-state index contributed by atoms with van der Waals surface area (Å²) in [5, 5.41) is -0.182. The molecule has 10 nitrogen and oxygen atoms in total. The monoisotopic (exact) mass is 659 g/mol. The second-order valence-electron chi connectivity index (χ2n) is 8.69. The second kappa shape index (κ2) is 13.0. The largest absolute Gasteiger partial charge is 0.497 e. The topological polar surface area (TPSA) is 117 Å². The molecule has 3 aromatic carbocycles. The fourth-order valence-corrected chi connectivity index (χ4v) is 6.05. The third-order valence-electron chi connectivity index (χ3n) is 5.90. The van der Waals surface area contributed by atoms with E-state index in [4.69, 9.17) is 18.9 Å². The van der Waals surface area contributed by atoms with E-state index in [2.05, 4.69) is 9.36 Å². The first-order valence-corrected chi connectivity index (χ1v) is 14.6. The van der Waals surface area contributed by atoms with E-state index in [1.165, 1.54) is 39.3 Å². The number of benzene rings is 3. The van der Waals surface area contributed by atoms with Crippen molar-refractivity contribution in [1.29, 1.82) is 0 Å². The molecule has 4 rings (SSSR count). The van der Waals surface area contributed by atoms with Gasteiger partial charge in [0.05, 0.1) is 38.5 Å². The number of halogens is 5. The number of carbonyl (C=O) groups excluding carboxylic acids is 1. The Labute approximate surface area is 251 Å². The zero-order valence-electron chi connectivity index (χ0n) is 23.0. The van der Waals surface area contributed by atoms with Crippen LogP contribution < -0.4 is 18.5 Å². The van der Waals surface area contributed by atoms with E-state index in [1.807, 2.05) is 0 Å². The van der Waals surface area contributed by atoms with Gasteiger partial charge >= 0.3 is 12.1 Å². The minimum Gasteiger partial charge on any atom is -0.497 e. The minimum atomic E-state index is -4.93. The van der Waals surface area contributed by atoms with Crippen LogP contribution in [0.3, 0.4) is 0 Å². The molecular formula is C27H22F5N3O7S2. The smallest absolute Gasteiger partial charge is 0.416 e. The van der Waals surface area contributed by atoms with Crippen LogP contribution in [0.4, 0.5) is 27.1 Å². The summed E-state index contributed by atoms with van der Waals surface area (Å²) in [7, 11) is -2.12. The van der Waals surface area contributed by atoms with E-state index in [9.17, 15) is 26.4 Å². The number of aromatic nitrogens is 2. The summed E-state index contributed by atoms with van der Waals surface area (Å²) in [5.74, 6) is -5.02. The molecule has 0 bridgehead atoms. The number of rotatable bonds is 11. The summed E-state index contributed by atoms with van der Waals surface area (Å²) in [6, 6.07) is 7.03. The number of anilines is 1.